The van der Waals surface area contributed by atoms with Gasteiger partial charge in [0.1, 0.15) is 12.4 Å². The van der Waals surface area contributed by atoms with Crippen molar-refractivity contribution < 1.29 is 14.2 Å². The molecule has 0 amide bonds. The zero-order chi connectivity index (χ0) is 15.8. The van der Waals surface area contributed by atoms with E-state index in [1.54, 1.807) is 0 Å². The van der Waals surface area contributed by atoms with Crippen LogP contribution in [0, 0.1) is 6.92 Å². The van der Waals surface area contributed by atoms with Crippen LogP contribution in [-0.2, 0) is 9.47 Å². The van der Waals surface area contributed by atoms with Gasteiger partial charge in [-0.15, -0.1) is 0 Å². The molecule has 1 fully saturated rings. The summed E-state index contributed by atoms with van der Waals surface area (Å²) in [7, 11) is 0. The molecule has 0 atom stereocenters. The molecule has 1 aliphatic heterocycles. The van der Waals surface area contributed by atoms with Gasteiger partial charge in [0, 0.05) is 19.6 Å². The van der Waals surface area contributed by atoms with Crippen molar-refractivity contribution in [1.82, 2.24) is 4.90 Å². The summed E-state index contributed by atoms with van der Waals surface area (Å²) in [5.41, 5.74) is 2.49. The number of rotatable bonds is 8. The van der Waals surface area contributed by atoms with E-state index >= 15 is 0 Å². The molecule has 1 aromatic carbocycles. The fraction of sp³-hybridized carbons (Fsp3) is 0.667. The van der Waals surface area contributed by atoms with Gasteiger partial charge < -0.3 is 14.2 Å². The smallest absolute Gasteiger partial charge is 0.122 e. The van der Waals surface area contributed by atoms with Crippen LogP contribution in [0.15, 0.2) is 18.2 Å². The highest BCUT2D eigenvalue weighted by Gasteiger charge is 2.09. The van der Waals surface area contributed by atoms with Gasteiger partial charge in [0.2, 0.25) is 0 Å². The molecule has 124 valence electrons. The second kappa shape index (κ2) is 9.13. The summed E-state index contributed by atoms with van der Waals surface area (Å²) in [6.07, 6.45) is 0. The Morgan fingerprint density at radius 1 is 1.14 bits per heavy atom. The fourth-order valence-corrected chi connectivity index (χ4v) is 2.46. The van der Waals surface area contributed by atoms with Crippen molar-refractivity contribution in [1.29, 1.82) is 0 Å². The van der Waals surface area contributed by atoms with Crippen molar-refractivity contribution in [3.63, 3.8) is 0 Å². The van der Waals surface area contributed by atoms with E-state index in [1.165, 1.54) is 11.1 Å². The van der Waals surface area contributed by atoms with Crippen LogP contribution in [0.5, 0.6) is 5.75 Å². The van der Waals surface area contributed by atoms with Crippen LogP contribution in [0.1, 0.15) is 30.9 Å². The molecular formula is C18H29NO3. The Hall–Kier alpha value is -1.10. The van der Waals surface area contributed by atoms with Crippen molar-refractivity contribution in [2.24, 2.45) is 0 Å². The summed E-state index contributed by atoms with van der Waals surface area (Å²) in [6, 6.07) is 6.45. The molecular weight excluding hydrogens is 278 g/mol. The number of ether oxygens (including phenoxy) is 3. The molecule has 0 unspecified atom stereocenters. The second-order valence-electron chi connectivity index (χ2n) is 6.09. The second-order valence-corrected chi connectivity index (χ2v) is 6.09. The molecule has 1 heterocycles. The Labute approximate surface area is 134 Å². The van der Waals surface area contributed by atoms with Crippen LogP contribution in [0.25, 0.3) is 0 Å². The van der Waals surface area contributed by atoms with E-state index < -0.39 is 0 Å². The molecule has 4 heteroatoms. The van der Waals surface area contributed by atoms with Crippen LogP contribution in [0.2, 0.25) is 0 Å². The Balaban J connectivity index is 1.63. The van der Waals surface area contributed by atoms with Crippen LogP contribution in [0.4, 0.5) is 0 Å². The van der Waals surface area contributed by atoms with Crippen LogP contribution >= 0.6 is 0 Å². The molecule has 0 aliphatic carbocycles. The minimum absolute atomic E-state index is 0.521. The summed E-state index contributed by atoms with van der Waals surface area (Å²) >= 11 is 0. The lowest BCUT2D eigenvalue weighted by Crippen LogP contribution is -2.38. The van der Waals surface area contributed by atoms with Crippen molar-refractivity contribution in [2.45, 2.75) is 26.7 Å². The van der Waals surface area contributed by atoms with Gasteiger partial charge in [-0.1, -0.05) is 26.0 Å². The quantitative estimate of drug-likeness (QED) is 0.691. The summed E-state index contributed by atoms with van der Waals surface area (Å²) < 4.78 is 16.9. The summed E-state index contributed by atoms with van der Waals surface area (Å²) in [4.78, 5) is 2.38. The van der Waals surface area contributed by atoms with Crippen LogP contribution in [0.3, 0.4) is 0 Å². The van der Waals surface area contributed by atoms with Crippen LogP contribution in [-0.4, -0.2) is 57.6 Å². The molecule has 0 saturated carbocycles. The van der Waals surface area contributed by atoms with Crippen molar-refractivity contribution in [2.75, 3.05) is 52.7 Å². The highest BCUT2D eigenvalue weighted by atomic mass is 16.5. The molecule has 1 saturated heterocycles. The van der Waals surface area contributed by atoms with Gasteiger partial charge in [-0.3, -0.25) is 4.90 Å². The molecule has 22 heavy (non-hydrogen) atoms. The third-order valence-electron chi connectivity index (χ3n) is 4.02. The number of morpholine rings is 1. The Bertz CT molecular complexity index is 442. The first-order chi connectivity index (χ1) is 10.7. The van der Waals surface area contributed by atoms with E-state index in [0.717, 1.165) is 45.2 Å². The van der Waals surface area contributed by atoms with Gasteiger partial charge in [-0.25, -0.2) is 0 Å². The van der Waals surface area contributed by atoms with Crippen molar-refractivity contribution >= 4 is 0 Å². The SMILES string of the molecule is Cc1ccc(C(C)C)cc1OCCOCCN1CCOCC1. The predicted molar refractivity (Wildman–Crippen MR) is 88.8 cm³/mol. The van der Waals surface area contributed by atoms with Gasteiger partial charge in [-0.05, 0) is 30.0 Å². The molecule has 1 aromatic rings. The van der Waals surface area contributed by atoms with Crippen LogP contribution < -0.4 is 4.74 Å². The highest BCUT2D eigenvalue weighted by Crippen LogP contribution is 2.24. The predicted octanol–water partition coefficient (Wildman–Crippen LogP) is 2.85. The molecule has 4 nitrogen and oxygen atoms in total. The molecule has 0 radical (unpaired) electrons. The minimum atomic E-state index is 0.521. The average Bonchev–Trinajstić information content (AvgIpc) is 2.53. The number of benzene rings is 1. The topological polar surface area (TPSA) is 30.9 Å². The van der Waals surface area contributed by atoms with E-state index in [2.05, 4.69) is 43.9 Å². The third kappa shape index (κ3) is 5.59. The summed E-state index contributed by atoms with van der Waals surface area (Å²) in [5, 5.41) is 0. The monoisotopic (exact) mass is 307 g/mol. The van der Waals surface area contributed by atoms with Gasteiger partial charge in [0.05, 0.1) is 26.4 Å². The first kappa shape index (κ1) is 17.3. The maximum Gasteiger partial charge on any atom is 0.122 e. The Kier molecular flexibility index (Phi) is 7.16. The number of hydrogen-bond acceptors (Lipinski definition) is 4. The first-order valence-corrected chi connectivity index (χ1v) is 8.28. The average molecular weight is 307 g/mol. The first-order valence-electron chi connectivity index (χ1n) is 8.28. The number of aryl methyl sites for hydroxylation is 1. The molecule has 0 N–H and O–H groups in total. The Morgan fingerprint density at radius 3 is 2.64 bits per heavy atom. The van der Waals surface area contributed by atoms with Crippen molar-refractivity contribution in [3.05, 3.63) is 29.3 Å². The van der Waals surface area contributed by atoms with Gasteiger partial charge in [0.25, 0.3) is 0 Å². The van der Waals surface area contributed by atoms with E-state index in [-0.39, 0.29) is 0 Å². The minimum Gasteiger partial charge on any atom is -0.491 e. The largest absolute Gasteiger partial charge is 0.491 e. The van der Waals surface area contributed by atoms with Crippen molar-refractivity contribution in [3.8, 4) is 5.75 Å². The number of nitrogens with zero attached hydrogens (tertiary/aromatic N) is 1. The molecule has 0 bridgehead atoms. The lowest BCUT2D eigenvalue weighted by molar-refractivity contribution is 0.0170. The molecule has 2 rings (SSSR count). The zero-order valence-electron chi connectivity index (χ0n) is 14.1. The lowest BCUT2D eigenvalue weighted by Gasteiger charge is -2.26. The maximum absolute atomic E-state index is 5.86. The van der Waals surface area contributed by atoms with Gasteiger partial charge in [0.15, 0.2) is 0 Å². The summed E-state index contributed by atoms with van der Waals surface area (Å²) in [6.45, 7) is 13.2. The van der Waals surface area contributed by atoms with E-state index in [0.29, 0.717) is 19.1 Å². The lowest BCUT2D eigenvalue weighted by atomic mass is 10.0. The molecule has 0 aromatic heterocycles. The fourth-order valence-electron chi connectivity index (χ4n) is 2.46. The zero-order valence-corrected chi connectivity index (χ0v) is 14.1. The van der Waals surface area contributed by atoms with E-state index in [1.807, 2.05) is 0 Å². The molecule has 1 aliphatic rings. The molecule has 0 spiro atoms. The van der Waals surface area contributed by atoms with E-state index in [9.17, 15) is 0 Å². The standard InChI is InChI=1S/C18H29NO3/c1-15(2)17-5-4-16(3)18(14-17)22-13-12-21-11-8-19-6-9-20-10-7-19/h4-5,14-15H,6-13H2,1-3H3. The third-order valence-corrected chi connectivity index (χ3v) is 4.02. The van der Waals surface area contributed by atoms with E-state index in [4.69, 9.17) is 14.2 Å². The number of hydrogen-bond donors (Lipinski definition) is 0. The van der Waals surface area contributed by atoms with Gasteiger partial charge >= 0.3 is 0 Å². The Morgan fingerprint density at radius 2 is 1.91 bits per heavy atom. The normalized spacial score (nSPS) is 16.2. The highest BCUT2D eigenvalue weighted by molar-refractivity contribution is 5.37. The maximum atomic E-state index is 5.86. The summed E-state index contributed by atoms with van der Waals surface area (Å²) in [5.74, 6) is 1.50. The van der Waals surface area contributed by atoms with Gasteiger partial charge in [-0.2, -0.15) is 0 Å².